The van der Waals surface area contributed by atoms with E-state index in [-0.39, 0.29) is 5.12 Å². The van der Waals surface area contributed by atoms with Gasteiger partial charge in [0.25, 0.3) is 0 Å². The molecule has 2 amide bonds. The molecular weight excluding hydrogens is 384 g/mol. The molecule has 5 nitrogen and oxygen atoms in total. The van der Waals surface area contributed by atoms with E-state index in [1.54, 1.807) is 6.92 Å². The fourth-order valence-electron chi connectivity index (χ4n) is 3.52. The molecule has 0 fully saturated rings. The second-order valence-corrected chi connectivity index (χ2v) is 8.93. The first-order chi connectivity index (χ1) is 13.9. The van der Waals surface area contributed by atoms with Crippen LogP contribution in [0.4, 0.5) is 4.79 Å². The summed E-state index contributed by atoms with van der Waals surface area (Å²) in [5.41, 5.74) is 7.69. The zero-order valence-electron chi connectivity index (χ0n) is 16.1. The summed E-state index contributed by atoms with van der Waals surface area (Å²) in [5, 5.41) is 12.5. The number of benzene rings is 3. The number of hydrogen-bond donors (Lipinski definition) is 2. The number of nitrogens with zero attached hydrogens (tertiary/aromatic N) is 1. The third kappa shape index (κ3) is 3.26. The number of carbonyl (C=O) groups is 2. The Morgan fingerprint density at radius 1 is 0.966 bits per heavy atom. The van der Waals surface area contributed by atoms with Crippen LogP contribution in [0.5, 0.6) is 0 Å². The normalized spacial score (nSPS) is 12.9. The molecule has 6 heteroatoms. The fourth-order valence-corrected chi connectivity index (χ4v) is 5.79. The lowest BCUT2D eigenvalue weighted by Crippen LogP contribution is -2.34. The number of aryl methyl sites for hydroxylation is 1. The van der Waals surface area contributed by atoms with E-state index in [1.807, 2.05) is 73.7 Å². The van der Waals surface area contributed by atoms with Crippen LogP contribution in [0.1, 0.15) is 34.5 Å². The average Bonchev–Trinajstić information content (AvgIpc) is 3.06. The van der Waals surface area contributed by atoms with Crippen LogP contribution < -0.4 is 5.73 Å². The van der Waals surface area contributed by atoms with Crippen molar-refractivity contribution in [1.82, 2.24) is 5.06 Å². The number of hydrogen-bond acceptors (Lipinski definition) is 3. The van der Waals surface area contributed by atoms with Gasteiger partial charge in [0.05, 0.1) is 22.1 Å². The summed E-state index contributed by atoms with van der Waals surface area (Å²) in [6, 6.07) is 19.7. The van der Waals surface area contributed by atoms with E-state index >= 15 is 0 Å². The van der Waals surface area contributed by atoms with E-state index in [1.165, 1.54) is 0 Å². The zero-order chi connectivity index (χ0) is 20.7. The van der Waals surface area contributed by atoms with Crippen molar-refractivity contribution in [3.63, 3.8) is 0 Å². The van der Waals surface area contributed by atoms with Crippen molar-refractivity contribution >= 4 is 41.8 Å². The third-order valence-electron chi connectivity index (χ3n) is 5.17. The molecule has 29 heavy (non-hydrogen) atoms. The molecule has 1 aromatic heterocycles. The van der Waals surface area contributed by atoms with Gasteiger partial charge in [0.1, 0.15) is 0 Å². The maximum absolute atomic E-state index is 13.5. The Kier molecular flexibility index (Phi) is 4.82. The molecule has 0 saturated heterocycles. The first-order valence-corrected chi connectivity index (χ1v) is 10.5. The maximum Gasteiger partial charge on any atom is 0.387 e. The molecule has 3 aromatic carbocycles. The number of amides is 2. The predicted molar refractivity (Wildman–Crippen MR) is 116 cm³/mol. The molecular formula is C23H21N2O3S+. The molecule has 0 spiro atoms. The fraction of sp³-hybridized carbons (Fsp3) is 0.130. The number of hydroxylamine groups is 2. The summed E-state index contributed by atoms with van der Waals surface area (Å²) in [7, 11) is -0.785. The standard InChI is InChI=1S/C23H20N2O3S/c1-14-7-9-16(10-8-14)22(26)29-20-6-4-3-5-18(20)19-12-11-17(13-21(19)29)15(2)25(28)23(24)27/h3-13,15,28H,1-2H3,(H-,24,27)/p+1. The Bertz CT molecular complexity index is 1240. The largest absolute Gasteiger partial charge is 0.387 e. The number of fused-ring (bicyclic) bond motifs is 3. The van der Waals surface area contributed by atoms with Gasteiger partial charge in [0.15, 0.2) is 9.40 Å². The van der Waals surface area contributed by atoms with Crippen molar-refractivity contribution in [3.8, 4) is 0 Å². The van der Waals surface area contributed by atoms with E-state index in [0.29, 0.717) is 16.2 Å². The van der Waals surface area contributed by atoms with E-state index in [2.05, 4.69) is 0 Å². The molecule has 0 aliphatic rings. The lowest BCUT2D eigenvalue weighted by molar-refractivity contribution is -0.0709. The van der Waals surface area contributed by atoms with Gasteiger partial charge in [0.2, 0.25) is 0 Å². The third-order valence-corrected chi connectivity index (χ3v) is 7.35. The van der Waals surface area contributed by atoms with Crippen LogP contribution >= 0.6 is 10.5 Å². The average molecular weight is 405 g/mol. The SMILES string of the molecule is Cc1ccc(C(=O)[s+]2c3ccccc3c3ccc(C(C)N(O)C(N)=O)cc32)cc1. The Labute approximate surface area is 170 Å². The van der Waals surface area contributed by atoms with Gasteiger partial charge in [-0.25, -0.2) is 9.59 Å². The minimum atomic E-state index is -0.920. The summed E-state index contributed by atoms with van der Waals surface area (Å²) in [6.45, 7) is 3.68. The van der Waals surface area contributed by atoms with Gasteiger partial charge in [-0.2, -0.15) is 5.06 Å². The number of primary amides is 1. The highest BCUT2D eigenvalue weighted by molar-refractivity contribution is 7.61. The van der Waals surface area contributed by atoms with Gasteiger partial charge >= 0.3 is 11.1 Å². The van der Waals surface area contributed by atoms with Gasteiger partial charge in [-0.05, 0) is 49.7 Å². The molecule has 146 valence electrons. The van der Waals surface area contributed by atoms with Crippen LogP contribution in [0.15, 0.2) is 66.7 Å². The van der Waals surface area contributed by atoms with Gasteiger partial charge in [0, 0.05) is 16.8 Å². The first kappa shape index (κ1) is 19.1. The highest BCUT2D eigenvalue weighted by atomic mass is 32.2. The van der Waals surface area contributed by atoms with Gasteiger partial charge in [-0.1, -0.05) is 35.9 Å². The summed E-state index contributed by atoms with van der Waals surface area (Å²) >= 11 is 0. The molecule has 0 radical (unpaired) electrons. The van der Waals surface area contributed by atoms with Crippen LogP contribution in [-0.2, 0) is 0 Å². The minimum absolute atomic E-state index is 0.0526. The molecule has 1 heterocycles. The maximum atomic E-state index is 13.5. The van der Waals surface area contributed by atoms with Crippen molar-refractivity contribution in [2.45, 2.75) is 19.9 Å². The summed E-state index contributed by atoms with van der Waals surface area (Å²) in [6.07, 6.45) is 0. The van der Waals surface area contributed by atoms with Crippen molar-refractivity contribution in [2.24, 2.45) is 5.73 Å². The topological polar surface area (TPSA) is 83.6 Å². The molecule has 0 aliphatic heterocycles. The van der Waals surface area contributed by atoms with Crippen LogP contribution in [0.25, 0.3) is 20.2 Å². The lowest BCUT2D eigenvalue weighted by atomic mass is 10.1. The monoisotopic (exact) mass is 405 g/mol. The first-order valence-electron chi connectivity index (χ1n) is 9.24. The lowest BCUT2D eigenvalue weighted by Gasteiger charge is -2.20. The smallest absolute Gasteiger partial charge is 0.350 e. The molecule has 0 bridgehead atoms. The molecule has 2 atom stereocenters. The molecule has 0 saturated carbocycles. The van der Waals surface area contributed by atoms with Crippen molar-refractivity contribution in [3.05, 3.63) is 83.4 Å². The van der Waals surface area contributed by atoms with E-state index < -0.39 is 22.5 Å². The second-order valence-electron chi connectivity index (χ2n) is 7.07. The Morgan fingerprint density at radius 3 is 2.31 bits per heavy atom. The molecule has 4 rings (SSSR count). The Balaban J connectivity index is 1.95. The quantitative estimate of drug-likeness (QED) is 0.264. The summed E-state index contributed by atoms with van der Waals surface area (Å²) in [5.74, 6) is 0. The molecule has 3 N–H and O–H groups in total. The van der Waals surface area contributed by atoms with Gasteiger partial charge < -0.3 is 5.73 Å². The molecule has 4 aromatic rings. The second kappa shape index (κ2) is 7.31. The van der Waals surface area contributed by atoms with Crippen LogP contribution in [0.3, 0.4) is 0 Å². The van der Waals surface area contributed by atoms with Crippen molar-refractivity contribution in [1.29, 1.82) is 0 Å². The van der Waals surface area contributed by atoms with Gasteiger partial charge in [-0.15, -0.1) is 0 Å². The highest BCUT2D eigenvalue weighted by Crippen LogP contribution is 2.45. The van der Waals surface area contributed by atoms with Crippen LogP contribution in [0, 0.1) is 6.92 Å². The van der Waals surface area contributed by atoms with E-state index in [0.717, 1.165) is 25.7 Å². The number of nitrogens with two attached hydrogens (primary N) is 1. The number of urea groups is 1. The zero-order valence-corrected chi connectivity index (χ0v) is 16.9. The van der Waals surface area contributed by atoms with E-state index in [4.69, 9.17) is 5.73 Å². The number of thiophene rings is 1. The van der Waals surface area contributed by atoms with Crippen LogP contribution in [0.2, 0.25) is 0 Å². The highest BCUT2D eigenvalue weighted by Gasteiger charge is 2.30. The number of rotatable bonds is 4. The predicted octanol–water partition coefficient (Wildman–Crippen LogP) is 5.57. The number of carbonyl (C=O) groups excluding carboxylic acids is 2. The van der Waals surface area contributed by atoms with Crippen LogP contribution in [-0.4, -0.2) is 21.4 Å². The summed E-state index contributed by atoms with van der Waals surface area (Å²) < 4.78 is 1.90. The minimum Gasteiger partial charge on any atom is -0.350 e. The molecule has 2 unspecified atom stereocenters. The van der Waals surface area contributed by atoms with Crippen molar-refractivity contribution < 1.29 is 14.8 Å². The van der Waals surface area contributed by atoms with Crippen molar-refractivity contribution in [2.75, 3.05) is 0 Å². The Morgan fingerprint density at radius 2 is 1.62 bits per heavy atom. The molecule has 0 aliphatic carbocycles. The van der Waals surface area contributed by atoms with E-state index in [9.17, 15) is 14.8 Å². The Hall–Kier alpha value is -3.22. The summed E-state index contributed by atoms with van der Waals surface area (Å²) in [4.78, 5) is 24.8. The van der Waals surface area contributed by atoms with Gasteiger partial charge in [-0.3, -0.25) is 5.21 Å².